The first kappa shape index (κ1) is 16.2. The average Bonchev–Trinajstić information content (AvgIpc) is 3.18. The lowest BCUT2D eigenvalue weighted by atomic mass is 9.88. The predicted octanol–water partition coefficient (Wildman–Crippen LogP) is 0.608. The molecule has 0 aromatic heterocycles. The summed E-state index contributed by atoms with van der Waals surface area (Å²) in [5, 5.41) is 0. The Morgan fingerprint density at radius 2 is 2.00 bits per heavy atom. The number of ether oxygens (including phenoxy) is 2. The van der Waals surface area contributed by atoms with Gasteiger partial charge in [0.2, 0.25) is 5.91 Å². The Morgan fingerprint density at radius 3 is 2.59 bits per heavy atom. The summed E-state index contributed by atoms with van der Waals surface area (Å²) in [5.74, 6) is 0.0671. The number of piperidine rings is 1. The number of carbonyl (C=O) groups excluding carboxylic acids is 1. The highest BCUT2D eigenvalue weighted by molar-refractivity contribution is 7.91. The molecule has 6 nitrogen and oxygen atoms in total. The van der Waals surface area contributed by atoms with Crippen LogP contribution in [0.2, 0.25) is 0 Å². The molecular weight excluding hydrogens is 306 g/mol. The third-order valence-electron chi connectivity index (χ3n) is 4.85. The zero-order chi connectivity index (χ0) is 15.8. The van der Waals surface area contributed by atoms with Gasteiger partial charge in [0.25, 0.3) is 0 Å². The van der Waals surface area contributed by atoms with Crippen LogP contribution in [0.4, 0.5) is 0 Å². The number of amides is 1. The number of rotatable bonds is 5. The van der Waals surface area contributed by atoms with Crippen molar-refractivity contribution in [3.8, 4) is 0 Å². The minimum atomic E-state index is -3.26. The molecule has 2 aliphatic heterocycles. The minimum Gasteiger partial charge on any atom is -0.375 e. The van der Waals surface area contributed by atoms with Crippen LogP contribution in [-0.4, -0.2) is 69.2 Å². The SMILES string of the molecule is CS(=O)(=O)CC(=O)N1CCC2(CC1)C[C@H](OCC1CC1)CO2. The molecule has 0 unspecified atom stereocenters. The van der Waals surface area contributed by atoms with Crippen molar-refractivity contribution >= 4 is 15.7 Å². The van der Waals surface area contributed by atoms with Crippen molar-refractivity contribution in [1.29, 1.82) is 0 Å². The van der Waals surface area contributed by atoms with Crippen molar-refractivity contribution in [1.82, 2.24) is 4.90 Å². The molecule has 7 heteroatoms. The Bertz CT molecular complexity index is 520. The van der Waals surface area contributed by atoms with Gasteiger partial charge in [0.05, 0.1) is 18.3 Å². The van der Waals surface area contributed by atoms with Gasteiger partial charge in [-0.05, 0) is 31.6 Å². The third kappa shape index (κ3) is 4.20. The highest BCUT2D eigenvalue weighted by Crippen LogP contribution is 2.38. The summed E-state index contributed by atoms with van der Waals surface area (Å²) < 4.78 is 34.3. The molecule has 3 aliphatic rings. The van der Waals surface area contributed by atoms with E-state index < -0.39 is 15.6 Å². The van der Waals surface area contributed by atoms with Gasteiger partial charge in [-0.1, -0.05) is 0 Å². The fraction of sp³-hybridized carbons (Fsp3) is 0.933. The van der Waals surface area contributed by atoms with Crippen LogP contribution in [0.1, 0.15) is 32.1 Å². The van der Waals surface area contributed by atoms with E-state index in [0.717, 1.165) is 38.0 Å². The summed E-state index contributed by atoms with van der Waals surface area (Å²) >= 11 is 0. The predicted molar refractivity (Wildman–Crippen MR) is 81.3 cm³/mol. The Morgan fingerprint density at radius 1 is 1.32 bits per heavy atom. The minimum absolute atomic E-state index is 0.171. The average molecular weight is 331 g/mol. The monoisotopic (exact) mass is 331 g/mol. The maximum absolute atomic E-state index is 11.9. The van der Waals surface area contributed by atoms with Crippen LogP contribution in [0.15, 0.2) is 0 Å². The second-order valence-corrected chi connectivity index (χ2v) is 9.19. The smallest absolute Gasteiger partial charge is 0.237 e. The first-order valence-electron chi connectivity index (χ1n) is 8.06. The molecule has 3 fully saturated rings. The molecule has 1 aliphatic carbocycles. The number of nitrogens with zero attached hydrogens (tertiary/aromatic N) is 1. The van der Waals surface area contributed by atoms with E-state index in [2.05, 4.69) is 0 Å². The molecular formula is C15H25NO5S. The summed E-state index contributed by atoms with van der Waals surface area (Å²) in [6.45, 7) is 2.64. The molecule has 1 saturated carbocycles. The van der Waals surface area contributed by atoms with E-state index in [9.17, 15) is 13.2 Å². The van der Waals surface area contributed by atoms with E-state index >= 15 is 0 Å². The van der Waals surface area contributed by atoms with Gasteiger partial charge in [-0.3, -0.25) is 4.79 Å². The van der Waals surface area contributed by atoms with Crippen molar-refractivity contribution in [2.24, 2.45) is 5.92 Å². The summed E-state index contributed by atoms with van der Waals surface area (Å²) in [6.07, 6.45) is 6.29. The molecule has 2 heterocycles. The van der Waals surface area contributed by atoms with Gasteiger partial charge in [-0.15, -0.1) is 0 Å². The van der Waals surface area contributed by atoms with Crippen molar-refractivity contribution in [3.63, 3.8) is 0 Å². The Kier molecular flexibility index (Phi) is 4.49. The Labute approximate surface area is 132 Å². The lowest BCUT2D eigenvalue weighted by Crippen LogP contribution is -2.48. The summed E-state index contributed by atoms with van der Waals surface area (Å²) in [7, 11) is -3.26. The number of hydrogen-bond acceptors (Lipinski definition) is 5. The maximum atomic E-state index is 11.9. The summed E-state index contributed by atoms with van der Waals surface area (Å²) in [5.41, 5.74) is -0.171. The molecule has 2 saturated heterocycles. The molecule has 0 aromatic carbocycles. The molecule has 126 valence electrons. The topological polar surface area (TPSA) is 72.9 Å². The fourth-order valence-electron chi connectivity index (χ4n) is 3.29. The van der Waals surface area contributed by atoms with E-state index in [4.69, 9.17) is 9.47 Å². The van der Waals surface area contributed by atoms with Crippen LogP contribution in [0.3, 0.4) is 0 Å². The lowest BCUT2D eigenvalue weighted by molar-refractivity contribution is -0.133. The van der Waals surface area contributed by atoms with Gasteiger partial charge >= 0.3 is 0 Å². The zero-order valence-electron chi connectivity index (χ0n) is 13.1. The molecule has 3 rings (SSSR count). The van der Waals surface area contributed by atoms with Gasteiger partial charge < -0.3 is 14.4 Å². The number of hydrogen-bond donors (Lipinski definition) is 0. The van der Waals surface area contributed by atoms with E-state index in [1.54, 1.807) is 4.90 Å². The van der Waals surface area contributed by atoms with Crippen LogP contribution < -0.4 is 0 Å². The molecule has 0 radical (unpaired) electrons. The normalized spacial score (nSPS) is 28.2. The highest BCUT2D eigenvalue weighted by Gasteiger charge is 2.44. The third-order valence-corrected chi connectivity index (χ3v) is 5.62. The second kappa shape index (κ2) is 6.09. The highest BCUT2D eigenvalue weighted by atomic mass is 32.2. The van der Waals surface area contributed by atoms with Crippen molar-refractivity contribution in [2.45, 2.75) is 43.8 Å². The van der Waals surface area contributed by atoms with Crippen molar-refractivity contribution in [3.05, 3.63) is 0 Å². The number of carbonyl (C=O) groups is 1. The molecule has 22 heavy (non-hydrogen) atoms. The molecule has 0 N–H and O–H groups in total. The van der Waals surface area contributed by atoms with E-state index in [-0.39, 0.29) is 17.6 Å². The Balaban J connectivity index is 1.45. The van der Waals surface area contributed by atoms with Crippen LogP contribution in [-0.2, 0) is 24.1 Å². The van der Waals surface area contributed by atoms with Crippen LogP contribution in [0.25, 0.3) is 0 Å². The quantitative estimate of drug-likeness (QED) is 0.738. The largest absolute Gasteiger partial charge is 0.375 e. The molecule has 1 spiro atoms. The van der Waals surface area contributed by atoms with Crippen LogP contribution in [0, 0.1) is 5.92 Å². The first-order chi connectivity index (χ1) is 10.4. The molecule has 1 amide bonds. The van der Waals surface area contributed by atoms with E-state index in [0.29, 0.717) is 19.7 Å². The molecule has 1 atom stereocenters. The van der Waals surface area contributed by atoms with E-state index in [1.807, 2.05) is 0 Å². The fourth-order valence-corrected chi connectivity index (χ4v) is 3.93. The van der Waals surface area contributed by atoms with Gasteiger partial charge in [-0.2, -0.15) is 0 Å². The Hall–Kier alpha value is -0.660. The van der Waals surface area contributed by atoms with Gasteiger partial charge in [0, 0.05) is 32.4 Å². The maximum Gasteiger partial charge on any atom is 0.237 e. The zero-order valence-corrected chi connectivity index (χ0v) is 13.9. The van der Waals surface area contributed by atoms with Crippen molar-refractivity contribution < 1.29 is 22.7 Å². The van der Waals surface area contributed by atoms with Crippen molar-refractivity contribution in [2.75, 3.05) is 38.3 Å². The summed E-state index contributed by atoms with van der Waals surface area (Å²) in [4.78, 5) is 13.6. The summed E-state index contributed by atoms with van der Waals surface area (Å²) in [6, 6.07) is 0. The molecule has 0 bridgehead atoms. The first-order valence-corrected chi connectivity index (χ1v) is 10.1. The van der Waals surface area contributed by atoms with Crippen LogP contribution in [0.5, 0.6) is 0 Å². The number of likely N-dealkylation sites (tertiary alicyclic amines) is 1. The van der Waals surface area contributed by atoms with Gasteiger partial charge in [-0.25, -0.2) is 8.42 Å². The molecule has 0 aromatic rings. The lowest BCUT2D eigenvalue weighted by Gasteiger charge is -2.38. The van der Waals surface area contributed by atoms with Gasteiger partial charge in [0.1, 0.15) is 5.75 Å². The van der Waals surface area contributed by atoms with E-state index in [1.165, 1.54) is 12.8 Å². The van der Waals surface area contributed by atoms with Gasteiger partial charge in [0.15, 0.2) is 9.84 Å². The standard InChI is InChI=1S/C15H25NO5S/c1-22(18,19)11-14(17)16-6-4-15(5-7-16)8-13(10-21-15)20-9-12-2-3-12/h12-13H,2-11H2,1H3/t13-/m0/s1. The van der Waals surface area contributed by atoms with Crippen LogP contribution >= 0.6 is 0 Å². The number of sulfone groups is 1. The second-order valence-electron chi connectivity index (χ2n) is 7.05.